The molecule has 9 heteroatoms. The van der Waals surface area contributed by atoms with Gasteiger partial charge in [0.15, 0.2) is 0 Å². The second kappa shape index (κ2) is 38.4. The maximum atomic E-state index is 11.9. The molecule has 4 aromatic carbocycles. The fourth-order valence-corrected chi connectivity index (χ4v) is 11.3. The van der Waals surface area contributed by atoms with E-state index >= 15 is 0 Å². The molecule has 69 heavy (non-hydrogen) atoms. The molecule has 4 aromatic rings. The monoisotopic (exact) mass is 1110 g/mol. The van der Waals surface area contributed by atoms with Crippen molar-refractivity contribution in [2.24, 2.45) is 0 Å². The molecule has 0 heterocycles. The summed E-state index contributed by atoms with van der Waals surface area (Å²) < 4.78 is 71.6. The van der Waals surface area contributed by atoms with E-state index in [1.807, 2.05) is 24.3 Å². The van der Waals surface area contributed by atoms with Crippen molar-refractivity contribution < 1.29 is 25.9 Å². The first-order valence-corrected chi connectivity index (χ1v) is 30.8. The summed E-state index contributed by atoms with van der Waals surface area (Å²) in [5.74, 6) is 0. The molecular formula is C60H94BaO6S2. The number of hydrogen-bond donors (Lipinski definition) is 0. The van der Waals surface area contributed by atoms with Gasteiger partial charge in [-0.3, -0.25) is 0 Å². The average Bonchev–Trinajstić information content (AvgIpc) is 3.31. The van der Waals surface area contributed by atoms with Crippen LogP contribution in [0.3, 0.4) is 0 Å². The Balaban J connectivity index is 0.000000467. The molecule has 0 bridgehead atoms. The van der Waals surface area contributed by atoms with E-state index in [0.29, 0.717) is 10.8 Å². The van der Waals surface area contributed by atoms with Crippen LogP contribution in [0.2, 0.25) is 0 Å². The topological polar surface area (TPSA) is 114 Å². The number of unbranched alkanes of at least 4 members (excludes halogenated alkanes) is 28. The molecule has 0 aliphatic rings. The van der Waals surface area contributed by atoms with Crippen LogP contribution in [0.15, 0.2) is 70.5 Å². The minimum atomic E-state index is -4.49. The van der Waals surface area contributed by atoms with Crippen molar-refractivity contribution in [2.75, 3.05) is 0 Å². The fourth-order valence-electron chi connectivity index (χ4n) is 9.97. The molecule has 0 fully saturated rings. The Morgan fingerprint density at radius 2 is 0.565 bits per heavy atom. The molecule has 4 rings (SSSR count). The van der Waals surface area contributed by atoms with Gasteiger partial charge in [0.25, 0.3) is 0 Å². The Morgan fingerprint density at radius 1 is 0.319 bits per heavy atom. The summed E-state index contributed by atoms with van der Waals surface area (Å²) in [5, 5.41) is 3.09. The van der Waals surface area contributed by atoms with Crippen molar-refractivity contribution in [3.05, 3.63) is 82.9 Å². The zero-order valence-electron chi connectivity index (χ0n) is 44.2. The summed E-state index contributed by atoms with van der Waals surface area (Å²) in [6.45, 7) is 8.99. The number of benzene rings is 4. The van der Waals surface area contributed by atoms with Gasteiger partial charge in [-0.05, 0) is 119 Å². The van der Waals surface area contributed by atoms with Crippen LogP contribution in [-0.2, 0) is 45.9 Å². The van der Waals surface area contributed by atoms with Gasteiger partial charge in [-0.1, -0.05) is 244 Å². The molecule has 0 spiro atoms. The molecule has 6 nitrogen and oxygen atoms in total. The Hall–Kier alpha value is -1.21. The molecule has 0 unspecified atom stereocenters. The van der Waals surface area contributed by atoms with E-state index in [9.17, 15) is 25.9 Å². The minimum absolute atomic E-state index is 0. The third-order valence-corrected chi connectivity index (χ3v) is 15.8. The van der Waals surface area contributed by atoms with E-state index in [0.717, 1.165) is 62.1 Å². The smallest absolute Gasteiger partial charge is 0.744 e. The largest absolute Gasteiger partial charge is 2.00 e. The van der Waals surface area contributed by atoms with E-state index in [1.54, 1.807) is 12.1 Å². The molecule has 0 aromatic heterocycles. The number of aryl methyl sites for hydroxylation is 4. The predicted octanol–water partition coefficient (Wildman–Crippen LogP) is 17.8. The maximum Gasteiger partial charge on any atom is 2.00 e. The van der Waals surface area contributed by atoms with Gasteiger partial charge in [0.05, 0.1) is 9.79 Å². The Morgan fingerprint density at radius 3 is 0.826 bits per heavy atom. The van der Waals surface area contributed by atoms with Crippen LogP contribution in [0, 0.1) is 0 Å². The SMILES string of the molecule is CCCCCCCCCCc1cc(CCCCCCCCCC)c2cccc(S(=O)(=O)[O-])c2c1.CCCCCCCCCCc1cc(CCCCCCCCCC)c2cccc(S(=O)(=O)[O-])c2c1.[Ba+2]. The summed E-state index contributed by atoms with van der Waals surface area (Å²) >= 11 is 0. The van der Waals surface area contributed by atoms with Crippen molar-refractivity contribution in [1.29, 1.82) is 0 Å². The molecule has 0 atom stereocenters. The second-order valence-corrected chi connectivity index (χ2v) is 22.7. The van der Waals surface area contributed by atoms with Crippen molar-refractivity contribution in [3.63, 3.8) is 0 Å². The zero-order valence-corrected chi connectivity index (χ0v) is 50.3. The van der Waals surface area contributed by atoms with E-state index < -0.39 is 20.2 Å². The molecule has 0 aliphatic carbocycles. The van der Waals surface area contributed by atoms with Crippen LogP contribution < -0.4 is 0 Å². The summed E-state index contributed by atoms with van der Waals surface area (Å²) in [5.41, 5.74) is 4.74. The van der Waals surface area contributed by atoms with Gasteiger partial charge in [-0.15, -0.1) is 0 Å². The van der Waals surface area contributed by atoms with Crippen LogP contribution in [0.4, 0.5) is 0 Å². The van der Waals surface area contributed by atoms with Gasteiger partial charge < -0.3 is 9.11 Å². The number of rotatable bonds is 38. The zero-order chi connectivity index (χ0) is 49.3. The Bertz CT molecular complexity index is 2030. The quantitative estimate of drug-likeness (QED) is 0.0251. The van der Waals surface area contributed by atoms with Crippen molar-refractivity contribution in [3.8, 4) is 0 Å². The molecule has 0 radical (unpaired) electrons. The van der Waals surface area contributed by atoms with Gasteiger partial charge in [0.2, 0.25) is 0 Å². The summed E-state index contributed by atoms with van der Waals surface area (Å²) in [7, 11) is -8.99. The average molecular weight is 1110 g/mol. The first kappa shape index (κ1) is 63.9. The predicted molar refractivity (Wildman–Crippen MR) is 295 cm³/mol. The molecule has 0 saturated carbocycles. The maximum absolute atomic E-state index is 11.9. The van der Waals surface area contributed by atoms with Gasteiger partial charge in [0, 0.05) is 0 Å². The molecular weight excluding hydrogens is 1020 g/mol. The first-order chi connectivity index (χ1) is 32.9. The minimum Gasteiger partial charge on any atom is -0.744 e. The summed E-state index contributed by atoms with van der Waals surface area (Å²) in [4.78, 5) is -0.139. The van der Waals surface area contributed by atoms with E-state index in [-0.39, 0.29) is 58.7 Å². The van der Waals surface area contributed by atoms with Crippen molar-refractivity contribution in [2.45, 2.75) is 269 Å². The van der Waals surface area contributed by atoms with Crippen LogP contribution in [0.25, 0.3) is 21.5 Å². The second-order valence-electron chi connectivity index (χ2n) is 20.0. The molecule has 384 valence electrons. The molecule has 0 aliphatic heterocycles. The third-order valence-electron chi connectivity index (χ3n) is 14.0. The van der Waals surface area contributed by atoms with E-state index in [1.165, 1.54) is 214 Å². The summed E-state index contributed by atoms with van der Waals surface area (Å²) in [6, 6.07) is 18.8. The van der Waals surface area contributed by atoms with E-state index in [4.69, 9.17) is 0 Å². The summed E-state index contributed by atoms with van der Waals surface area (Å²) in [6.07, 6.45) is 44.5. The number of hydrogen-bond acceptors (Lipinski definition) is 6. The van der Waals surface area contributed by atoms with E-state index in [2.05, 4.69) is 39.8 Å². The molecule has 0 saturated heterocycles. The third kappa shape index (κ3) is 26.5. The molecule has 0 amide bonds. The van der Waals surface area contributed by atoms with Gasteiger partial charge in [-0.2, -0.15) is 0 Å². The van der Waals surface area contributed by atoms with Crippen LogP contribution in [0.1, 0.15) is 255 Å². The Labute approximate surface area is 463 Å². The number of fused-ring (bicyclic) bond motifs is 2. The van der Waals surface area contributed by atoms with Gasteiger partial charge >= 0.3 is 48.9 Å². The van der Waals surface area contributed by atoms with Crippen LogP contribution >= 0.6 is 0 Å². The van der Waals surface area contributed by atoms with Crippen LogP contribution in [0.5, 0.6) is 0 Å². The Kier molecular flexibility index (Phi) is 35.5. The fraction of sp³-hybridized carbons (Fsp3) is 0.667. The van der Waals surface area contributed by atoms with Gasteiger partial charge in [-0.25, -0.2) is 16.8 Å². The van der Waals surface area contributed by atoms with Crippen molar-refractivity contribution >= 4 is 90.7 Å². The van der Waals surface area contributed by atoms with Gasteiger partial charge in [0.1, 0.15) is 20.2 Å². The van der Waals surface area contributed by atoms with Crippen LogP contribution in [-0.4, -0.2) is 74.8 Å². The first-order valence-electron chi connectivity index (χ1n) is 27.9. The molecule has 0 N–H and O–H groups in total. The normalized spacial score (nSPS) is 11.8. The standard InChI is InChI=1S/2C30H48O3S.Ba/c2*1-3-5-7-9-11-13-15-17-20-26-24-27(21-18-16-14-12-10-8-6-4-2)28-22-19-23-30(29(28)25-26)34(31,32)33;/h2*19,22-25H,3-18,20-21H2,1-2H3,(H,31,32,33);/q;;+2/p-2. The van der Waals surface area contributed by atoms with Crippen molar-refractivity contribution in [1.82, 2.24) is 0 Å².